The van der Waals surface area contributed by atoms with Crippen LogP contribution in [0.3, 0.4) is 0 Å². The van der Waals surface area contributed by atoms with E-state index < -0.39 is 30.5 Å². The minimum absolute atomic E-state index is 0.0711. The van der Waals surface area contributed by atoms with E-state index in [4.69, 9.17) is 22.1 Å². The Kier molecular flexibility index (Phi) is 7.51. The Balaban J connectivity index is 2.66. The summed E-state index contributed by atoms with van der Waals surface area (Å²) in [5.41, 5.74) is 5.93. The molecule has 1 aromatic carbocycles. The normalized spacial score (nSPS) is 12.8. The molecule has 3 N–H and O–H groups in total. The number of rotatable bonds is 7. The van der Waals surface area contributed by atoms with Crippen LogP contribution in [0.25, 0.3) is 0 Å². The summed E-state index contributed by atoms with van der Waals surface area (Å²) >= 11 is 5.80. The van der Waals surface area contributed by atoms with Gasteiger partial charge in [0.15, 0.2) is 6.61 Å². The molecule has 0 aliphatic rings. The van der Waals surface area contributed by atoms with Crippen LogP contribution in [0, 0.1) is 5.92 Å². The molecule has 0 saturated heterocycles. The minimum Gasteiger partial charge on any atom is -0.467 e. The van der Waals surface area contributed by atoms with Crippen LogP contribution in [0.15, 0.2) is 18.2 Å². The van der Waals surface area contributed by atoms with Crippen molar-refractivity contribution in [1.82, 2.24) is 5.32 Å². The van der Waals surface area contributed by atoms with Gasteiger partial charge in [-0.3, -0.25) is 4.79 Å². The lowest BCUT2D eigenvalue weighted by atomic mass is 9.99. The average Bonchev–Trinajstić information content (AvgIpc) is 2.58. The second-order valence-electron chi connectivity index (χ2n) is 5.26. The molecule has 0 saturated carbocycles. The lowest BCUT2D eigenvalue weighted by Gasteiger charge is -2.21. The Labute approximate surface area is 145 Å². The quantitative estimate of drug-likeness (QED) is 0.569. The number of anilines is 1. The second kappa shape index (κ2) is 9.12. The van der Waals surface area contributed by atoms with Crippen molar-refractivity contribution in [3.8, 4) is 0 Å². The van der Waals surface area contributed by atoms with Crippen molar-refractivity contribution in [2.45, 2.75) is 26.3 Å². The van der Waals surface area contributed by atoms with Crippen LogP contribution in [0.5, 0.6) is 0 Å². The topological polar surface area (TPSA) is 108 Å². The van der Waals surface area contributed by atoms with Gasteiger partial charge in [-0.05, 0) is 24.1 Å². The number of ether oxygens (including phenoxy) is 2. The molecule has 8 heteroatoms. The smallest absolute Gasteiger partial charge is 0.340 e. The van der Waals surface area contributed by atoms with E-state index in [1.165, 1.54) is 25.3 Å². The molecule has 1 amide bonds. The van der Waals surface area contributed by atoms with Crippen molar-refractivity contribution in [2.75, 3.05) is 19.5 Å². The highest BCUT2D eigenvalue weighted by Gasteiger charge is 2.27. The van der Waals surface area contributed by atoms with Crippen LogP contribution in [-0.2, 0) is 19.1 Å². The number of carbonyl (C=O) groups is 3. The highest BCUT2D eigenvalue weighted by molar-refractivity contribution is 6.31. The van der Waals surface area contributed by atoms with E-state index in [0.29, 0.717) is 11.4 Å². The van der Waals surface area contributed by atoms with Crippen LogP contribution in [0.2, 0.25) is 5.02 Å². The highest BCUT2D eigenvalue weighted by Crippen LogP contribution is 2.18. The SMILES string of the molecule is CCC(C)C(NC(=O)COC(=O)c1cc(Cl)ccc1N)C(=O)OC. The van der Waals surface area contributed by atoms with Gasteiger partial charge in [-0.15, -0.1) is 0 Å². The molecule has 0 radical (unpaired) electrons. The van der Waals surface area contributed by atoms with E-state index in [9.17, 15) is 14.4 Å². The van der Waals surface area contributed by atoms with Crippen molar-refractivity contribution in [2.24, 2.45) is 5.92 Å². The summed E-state index contributed by atoms with van der Waals surface area (Å²) in [4.78, 5) is 35.6. The van der Waals surface area contributed by atoms with Gasteiger partial charge in [0.05, 0.1) is 12.7 Å². The summed E-state index contributed by atoms with van der Waals surface area (Å²) in [7, 11) is 1.24. The lowest BCUT2D eigenvalue weighted by molar-refractivity contribution is -0.147. The number of halogens is 1. The third-order valence-corrected chi connectivity index (χ3v) is 3.79. The van der Waals surface area contributed by atoms with Gasteiger partial charge in [0.1, 0.15) is 6.04 Å². The molecule has 7 nitrogen and oxygen atoms in total. The van der Waals surface area contributed by atoms with Crippen LogP contribution >= 0.6 is 11.6 Å². The lowest BCUT2D eigenvalue weighted by Crippen LogP contribution is -2.47. The molecule has 0 aliphatic heterocycles. The molecule has 1 rings (SSSR count). The van der Waals surface area contributed by atoms with Gasteiger partial charge in [0.25, 0.3) is 5.91 Å². The Morgan fingerprint density at radius 2 is 2.00 bits per heavy atom. The van der Waals surface area contributed by atoms with Gasteiger partial charge in [-0.25, -0.2) is 9.59 Å². The summed E-state index contributed by atoms with van der Waals surface area (Å²) in [6.07, 6.45) is 0.666. The van der Waals surface area contributed by atoms with E-state index in [0.717, 1.165) is 0 Å². The van der Waals surface area contributed by atoms with Crippen molar-refractivity contribution in [3.63, 3.8) is 0 Å². The maximum Gasteiger partial charge on any atom is 0.340 e. The number of amides is 1. The van der Waals surface area contributed by atoms with Crippen molar-refractivity contribution in [3.05, 3.63) is 28.8 Å². The average molecular weight is 357 g/mol. The summed E-state index contributed by atoms with van der Waals surface area (Å²) in [6.45, 7) is 3.14. The third kappa shape index (κ3) is 5.42. The summed E-state index contributed by atoms with van der Waals surface area (Å²) in [6, 6.07) is 3.55. The number of carbonyl (C=O) groups excluding carboxylic acids is 3. The van der Waals surface area contributed by atoms with E-state index >= 15 is 0 Å². The predicted molar refractivity (Wildman–Crippen MR) is 89.5 cm³/mol. The van der Waals surface area contributed by atoms with Crippen molar-refractivity contribution >= 4 is 35.1 Å². The zero-order chi connectivity index (χ0) is 18.3. The van der Waals surface area contributed by atoms with Crippen LogP contribution in [0.1, 0.15) is 30.6 Å². The maximum atomic E-state index is 12.0. The molecule has 0 bridgehead atoms. The van der Waals surface area contributed by atoms with Crippen molar-refractivity contribution < 1.29 is 23.9 Å². The molecular weight excluding hydrogens is 336 g/mol. The molecule has 0 aromatic heterocycles. The maximum absolute atomic E-state index is 12.0. The van der Waals surface area contributed by atoms with Crippen LogP contribution in [-0.4, -0.2) is 37.6 Å². The fraction of sp³-hybridized carbons (Fsp3) is 0.438. The number of nitrogen functional groups attached to an aromatic ring is 1. The Morgan fingerprint density at radius 3 is 2.58 bits per heavy atom. The summed E-state index contributed by atoms with van der Waals surface area (Å²) in [5.74, 6) is -2.06. The van der Waals surface area contributed by atoms with Crippen LogP contribution in [0.4, 0.5) is 5.69 Å². The molecule has 0 aliphatic carbocycles. The number of nitrogens with one attached hydrogen (secondary N) is 1. The molecule has 132 valence electrons. The first kappa shape index (κ1) is 19.8. The van der Waals surface area contributed by atoms with E-state index in [1.807, 2.05) is 6.92 Å². The van der Waals surface area contributed by atoms with E-state index in [-0.39, 0.29) is 17.2 Å². The first-order valence-electron chi connectivity index (χ1n) is 7.39. The molecule has 1 aromatic rings. The number of hydrogen-bond donors (Lipinski definition) is 2. The fourth-order valence-corrected chi connectivity index (χ4v) is 2.10. The fourth-order valence-electron chi connectivity index (χ4n) is 1.93. The largest absolute Gasteiger partial charge is 0.467 e. The zero-order valence-electron chi connectivity index (χ0n) is 13.8. The van der Waals surface area contributed by atoms with Gasteiger partial charge in [0.2, 0.25) is 0 Å². The molecule has 24 heavy (non-hydrogen) atoms. The molecule has 0 spiro atoms. The van der Waals surface area contributed by atoms with E-state index in [2.05, 4.69) is 10.1 Å². The van der Waals surface area contributed by atoms with Crippen LogP contribution < -0.4 is 11.1 Å². The summed E-state index contributed by atoms with van der Waals surface area (Å²) in [5, 5.41) is 2.83. The molecular formula is C16H21ClN2O5. The molecule has 0 fully saturated rings. The number of methoxy groups -OCH3 is 1. The molecule has 2 atom stereocenters. The molecule has 2 unspecified atom stereocenters. The number of hydrogen-bond acceptors (Lipinski definition) is 6. The molecule has 0 heterocycles. The third-order valence-electron chi connectivity index (χ3n) is 3.55. The predicted octanol–water partition coefficient (Wildman–Crippen LogP) is 1.78. The number of benzene rings is 1. The summed E-state index contributed by atoms with van der Waals surface area (Å²) < 4.78 is 9.58. The number of esters is 2. The highest BCUT2D eigenvalue weighted by atomic mass is 35.5. The van der Waals surface area contributed by atoms with Crippen molar-refractivity contribution in [1.29, 1.82) is 0 Å². The Morgan fingerprint density at radius 1 is 1.33 bits per heavy atom. The van der Waals surface area contributed by atoms with Gasteiger partial charge in [-0.1, -0.05) is 31.9 Å². The zero-order valence-corrected chi connectivity index (χ0v) is 14.6. The van der Waals surface area contributed by atoms with Gasteiger partial charge in [0, 0.05) is 10.7 Å². The minimum atomic E-state index is -0.803. The first-order chi connectivity index (χ1) is 11.3. The second-order valence-corrected chi connectivity index (χ2v) is 5.70. The number of nitrogens with two attached hydrogens (primary N) is 1. The van der Waals surface area contributed by atoms with Gasteiger partial charge in [-0.2, -0.15) is 0 Å². The standard InChI is InChI=1S/C16H21ClN2O5/c1-4-9(2)14(16(22)23-3)19-13(20)8-24-15(21)11-7-10(17)5-6-12(11)18/h5-7,9,14H,4,8,18H2,1-3H3,(H,19,20). The first-order valence-corrected chi connectivity index (χ1v) is 7.77. The Hall–Kier alpha value is -2.28. The van der Waals surface area contributed by atoms with Gasteiger partial charge >= 0.3 is 11.9 Å². The monoisotopic (exact) mass is 356 g/mol. The Bertz CT molecular complexity index is 620. The van der Waals surface area contributed by atoms with E-state index in [1.54, 1.807) is 6.92 Å². The van der Waals surface area contributed by atoms with Gasteiger partial charge < -0.3 is 20.5 Å².